The van der Waals surface area contributed by atoms with Crippen molar-refractivity contribution in [2.24, 2.45) is 0 Å². The van der Waals surface area contributed by atoms with E-state index in [1.807, 2.05) is 67.6 Å². The van der Waals surface area contributed by atoms with Crippen LogP contribution < -0.4 is 9.47 Å². The van der Waals surface area contributed by atoms with Crippen molar-refractivity contribution in [1.82, 2.24) is 0 Å². The van der Waals surface area contributed by atoms with Crippen molar-refractivity contribution in [2.75, 3.05) is 0 Å². The summed E-state index contributed by atoms with van der Waals surface area (Å²) in [7, 11) is 0. The molecule has 0 aliphatic carbocycles. The third kappa shape index (κ3) is 10.0. The molecule has 0 atom stereocenters. The predicted octanol–water partition coefficient (Wildman–Crippen LogP) is 8.45. The Balaban J connectivity index is 2.05. The Morgan fingerprint density at radius 1 is 0.806 bits per heavy atom. The second kappa shape index (κ2) is 12.6. The quantitative estimate of drug-likeness (QED) is 0.208. The Hall–Kier alpha value is -3.00. The summed E-state index contributed by atoms with van der Waals surface area (Å²) in [5.74, 6) is 0.767. The van der Waals surface area contributed by atoms with Crippen LogP contribution in [0, 0.1) is 0 Å². The van der Waals surface area contributed by atoms with Gasteiger partial charge in [-0.25, -0.2) is 0 Å². The molecule has 31 heavy (non-hydrogen) atoms. The van der Waals surface area contributed by atoms with Crippen LogP contribution in [0.3, 0.4) is 0 Å². The zero-order valence-electron chi connectivity index (χ0n) is 19.6. The molecule has 2 rings (SSSR count). The molecule has 0 aliphatic rings. The maximum Gasteiger partial charge on any atom is 0.251 e. The van der Waals surface area contributed by atoms with E-state index in [1.54, 1.807) is 0 Å². The highest BCUT2D eigenvalue weighted by Crippen LogP contribution is 2.26. The lowest BCUT2D eigenvalue weighted by Crippen LogP contribution is -2.38. The molecule has 2 nitrogen and oxygen atoms in total. The smallest absolute Gasteiger partial charge is 0.251 e. The monoisotopic (exact) mass is 416 g/mol. The maximum atomic E-state index is 6.25. The van der Waals surface area contributed by atoms with Gasteiger partial charge in [0.25, 0.3) is 5.79 Å². The van der Waals surface area contributed by atoms with Gasteiger partial charge >= 0.3 is 0 Å². The minimum Gasteiger partial charge on any atom is -0.452 e. The molecular formula is C29H36O2. The summed E-state index contributed by atoms with van der Waals surface area (Å²) in [6, 6.07) is 19.6. The van der Waals surface area contributed by atoms with Crippen molar-refractivity contribution in [3.05, 3.63) is 108 Å². The zero-order chi connectivity index (χ0) is 22.5. The van der Waals surface area contributed by atoms with Crippen LogP contribution in [0.25, 0.3) is 0 Å². The Labute approximate surface area is 188 Å². The van der Waals surface area contributed by atoms with Gasteiger partial charge in [-0.2, -0.15) is 0 Å². The molecule has 0 amide bonds. The molecule has 0 saturated carbocycles. The van der Waals surface area contributed by atoms with E-state index in [4.69, 9.17) is 9.47 Å². The highest BCUT2D eigenvalue weighted by atomic mass is 16.7. The number of hydrogen-bond donors (Lipinski definition) is 0. The van der Waals surface area contributed by atoms with Crippen LogP contribution in [0.15, 0.2) is 108 Å². The summed E-state index contributed by atoms with van der Waals surface area (Å²) >= 11 is 0. The van der Waals surface area contributed by atoms with E-state index in [1.165, 1.54) is 16.7 Å². The number of hydrogen-bond acceptors (Lipinski definition) is 2. The van der Waals surface area contributed by atoms with Crippen molar-refractivity contribution in [3.63, 3.8) is 0 Å². The number of allylic oxidation sites excluding steroid dienone is 7. The van der Waals surface area contributed by atoms with Gasteiger partial charge in [0.15, 0.2) is 0 Å². The minimum atomic E-state index is -0.812. The fourth-order valence-electron chi connectivity index (χ4n) is 3.03. The van der Waals surface area contributed by atoms with Gasteiger partial charge in [-0.05, 0) is 64.8 Å². The van der Waals surface area contributed by atoms with Gasteiger partial charge in [-0.15, -0.1) is 0 Å². The minimum absolute atomic E-state index is 0.621. The van der Waals surface area contributed by atoms with Gasteiger partial charge in [0.05, 0.1) is 0 Å². The lowest BCUT2D eigenvalue weighted by Gasteiger charge is -2.30. The van der Waals surface area contributed by atoms with E-state index in [-0.39, 0.29) is 0 Å². The molecule has 0 unspecified atom stereocenters. The summed E-state index contributed by atoms with van der Waals surface area (Å²) in [6.45, 7) is 10.6. The Bertz CT molecular complexity index is 857. The van der Waals surface area contributed by atoms with E-state index in [0.29, 0.717) is 6.42 Å². The molecule has 0 radical (unpaired) electrons. The second-order valence-electron chi connectivity index (χ2n) is 8.31. The third-order valence-corrected chi connectivity index (χ3v) is 4.78. The summed E-state index contributed by atoms with van der Waals surface area (Å²) in [5.41, 5.74) is 3.93. The number of ether oxygens (including phenoxy) is 2. The normalized spacial score (nSPS) is 12.7. The summed E-state index contributed by atoms with van der Waals surface area (Å²) in [5, 5.41) is 0. The van der Waals surface area contributed by atoms with Gasteiger partial charge in [0, 0.05) is 13.3 Å². The first-order valence-electron chi connectivity index (χ1n) is 11.0. The molecule has 0 spiro atoms. The van der Waals surface area contributed by atoms with Crippen LogP contribution in [-0.2, 0) is 0 Å². The number of para-hydroxylation sites is 2. The van der Waals surface area contributed by atoms with Crippen molar-refractivity contribution in [2.45, 2.75) is 59.7 Å². The van der Waals surface area contributed by atoms with Crippen LogP contribution in [0.2, 0.25) is 0 Å². The lowest BCUT2D eigenvalue weighted by atomic mass is 10.1. The second-order valence-corrected chi connectivity index (χ2v) is 8.31. The van der Waals surface area contributed by atoms with Gasteiger partial charge in [0.2, 0.25) is 0 Å². The summed E-state index contributed by atoms with van der Waals surface area (Å²) in [4.78, 5) is 0. The molecule has 2 aromatic rings. The molecule has 0 heterocycles. The van der Waals surface area contributed by atoms with E-state index in [2.05, 4.69) is 58.1 Å². The highest BCUT2D eigenvalue weighted by Gasteiger charge is 2.27. The Morgan fingerprint density at radius 2 is 1.35 bits per heavy atom. The Kier molecular flexibility index (Phi) is 9.90. The van der Waals surface area contributed by atoms with Gasteiger partial charge in [-0.1, -0.05) is 83.5 Å². The lowest BCUT2D eigenvalue weighted by molar-refractivity contribution is -0.0947. The maximum absolute atomic E-state index is 6.25. The van der Waals surface area contributed by atoms with Crippen molar-refractivity contribution < 1.29 is 9.47 Å². The molecule has 0 saturated heterocycles. The highest BCUT2D eigenvalue weighted by molar-refractivity contribution is 5.26. The molecule has 0 aliphatic heterocycles. The van der Waals surface area contributed by atoms with E-state index >= 15 is 0 Å². The Morgan fingerprint density at radius 3 is 1.87 bits per heavy atom. The predicted molar refractivity (Wildman–Crippen MR) is 132 cm³/mol. The van der Waals surface area contributed by atoms with E-state index in [0.717, 1.165) is 24.3 Å². The summed E-state index contributed by atoms with van der Waals surface area (Å²) < 4.78 is 12.5. The first-order chi connectivity index (χ1) is 14.9. The first-order valence-corrected chi connectivity index (χ1v) is 11.0. The van der Waals surface area contributed by atoms with Crippen molar-refractivity contribution >= 4 is 0 Å². The first kappa shape index (κ1) is 24.3. The molecule has 0 aromatic heterocycles. The topological polar surface area (TPSA) is 18.5 Å². The van der Waals surface area contributed by atoms with Crippen LogP contribution in [0.5, 0.6) is 11.5 Å². The average Bonchev–Trinajstić information content (AvgIpc) is 2.73. The van der Waals surface area contributed by atoms with Gasteiger partial charge in [0.1, 0.15) is 11.5 Å². The van der Waals surface area contributed by atoms with Crippen molar-refractivity contribution in [3.8, 4) is 11.5 Å². The third-order valence-electron chi connectivity index (χ3n) is 4.78. The molecule has 0 N–H and O–H groups in total. The fourth-order valence-corrected chi connectivity index (χ4v) is 3.03. The average molecular weight is 417 g/mol. The largest absolute Gasteiger partial charge is 0.452 e. The number of rotatable bonds is 11. The summed E-state index contributed by atoms with van der Waals surface area (Å²) in [6.07, 6.45) is 13.7. The zero-order valence-corrected chi connectivity index (χ0v) is 19.6. The molecule has 164 valence electrons. The molecule has 2 aromatic carbocycles. The molecule has 0 fully saturated rings. The molecule has 2 heteroatoms. The van der Waals surface area contributed by atoms with Crippen LogP contribution in [0.1, 0.15) is 53.9 Å². The standard InChI is InChI=1S/C29H36O2/c1-24(2)14-12-15-25(3)16-13-17-26(4)22-23-29(5,30-27-18-8-6-9-19-27)31-28-20-10-7-11-21-28/h6-11,13-14,16-22H,12,15,23H2,1-5H3. The van der Waals surface area contributed by atoms with Gasteiger partial charge < -0.3 is 9.47 Å². The number of benzene rings is 2. The SMILES string of the molecule is CC(C)=CCCC(C)=CC=CC(C)=CCC(C)(Oc1ccccc1)Oc1ccccc1. The van der Waals surface area contributed by atoms with Crippen LogP contribution >= 0.6 is 0 Å². The molecular weight excluding hydrogens is 380 g/mol. The van der Waals surface area contributed by atoms with Crippen molar-refractivity contribution in [1.29, 1.82) is 0 Å². The van der Waals surface area contributed by atoms with Crippen LogP contribution in [0.4, 0.5) is 0 Å². The fraction of sp³-hybridized carbons (Fsp3) is 0.310. The van der Waals surface area contributed by atoms with Gasteiger partial charge in [-0.3, -0.25) is 0 Å². The van der Waals surface area contributed by atoms with E-state index in [9.17, 15) is 0 Å². The molecule has 0 bridgehead atoms. The van der Waals surface area contributed by atoms with E-state index < -0.39 is 5.79 Å². The van der Waals surface area contributed by atoms with Crippen LogP contribution in [-0.4, -0.2) is 5.79 Å².